The van der Waals surface area contributed by atoms with Crippen LogP contribution in [0, 0.1) is 10.1 Å². The highest BCUT2D eigenvalue weighted by Gasteiger charge is 2.14. The number of amides is 2. The molecule has 30 heavy (non-hydrogen) atoms. The summed E-state index contributed by atoms with van der Waals surface area (Å²) in [5.74, 6) is -0.576. The first-order chi connectivity index (χ1) is 14.4. The van der Waals surface area contributed by atoms with Crippen LogP contribution in [0.5, 0.6) is 0 Å². The fourth-order valence-electron chi connectivity index (χ4n) is 2.76. The maximum Gasteiger partial charge on any atom is 0.269 e. The molecule has 7 heteroatoms. The summed E-state index contributed by atoms with van der Waals surface area (Å²) in [7, 11) is 1.69. The van der Waals surface area contributed by atoms with Crippen molar-refractivity contribution in [2.45, 2.75) is 0 Å². The smallest absolute Gasteiger partial charge is 0.269 e. The molecule has 1 N–H and O–H groups in total. The third-order valence-electron chi connectivity index (χ3n) is 4.36. The molecule has 3 aromatic rings. The highest BCUT2D eigenvalue weighted by atomic mass is 16.6. The van der Waals surface area contributed by atoms with Crippen LogP contribution < -0.4 is 10.2 Å². The minimum atomic E-state index is -0.482. The molecule has 0 aliphatic rings. The van der Waals surface area contributed by atoms with E-state index in [1.54, 1.807) is 49.5 Å². The van der Waals surface area contributed by atoms with Gasteiger partial charge >= 0.3 is 0 Å². The van der Waals surface area contributed by atoms with Crippen molar-refractivity contribution in [3.05, 3.63) is 106 Å². The molecule has 0 aromatic heterocycles. The zero-order chi connectivity index (χ0) is 21.5. The molecule has 3 rings (SSSR count). The molecule has 3 aromatic carbocycles. The predicted octanol–water partition coefficient (Wildman–Crippen LogP) is 4.52. The van der Waals surface area contributed by atoms with Gasteiger partial charge in [-0.3, -0.25) is 19.7 Å². The van der Waals surface area contributed by atoms with E-state index in [0.29, 0.717) is 16.8 Å². The van der Waals surface area contributed by atoms with Crippen molar-refractivity contribution in [3.8, 4) is 0 Å². The number of para-hydroxylation sites is 1. The molecule has 2 amide bonds. The van der Waals surface area contributed by atoms with Crippen molar-refractivity contribution < 1.29 is 14.5 Å². The van der Waals surface area contributed by atoms with Gasteiger partial charge < -0.3 is 10.2 Å². The SMILES string of the molecule is CN(C(=O)c1cccc(NC(=O)/C=C/c2ccc([N+](=O)[O-])cc2)c1)c1ccccc1. The number of nitrogens with zero attached hydrogens (tertiary/aromatic N) is 2. The summed E-state index contributed by atoms with van der Waals surface area (Å²) in [6.45, 7) is 0. The molecule has 0 spiro atoms. The molecule has 0 bridgehead atoms. The van der Waals surface area contributed by atoms with E-state index in [0.717, 1.165) is 5.69 Å². The van der Waals surface area contributed by atoms with Gasteiger partial charge in [-0.1, -0.05) is 24.3 Å². The van der Waals surface area contributed by atoms with E-state index in [1.807, 2.05) is 30.3 Å². The number of hydrogen-bond donors (Lipinski definition) is 1. The molecule has 0 radical (unpaired) electrons. The van der Waals surface area contributed by atoms with E-state index in [1.165, 1.54) is 23.1 Å². The van der Waals surface area contributed by atoms with Gasteiger partial charge in [0.25, 0.3) is 11.6 Å². The molecule has 0 aliphatic heterocycles. The molecule has 7 nitrogen and oxygen atoms in total. The van der Waals surface area contributed by atoms with Gasteiger partial charge in [0.2, 0.25) is 5.91 Å². The fraction of sp³-hybridized carbons (Fsp3) is 0.0435. The molecule has 0 aliphatic carbocycles. The van der Waals surface area contributed by atoms with Crippen molar-refractivity contribution in [3.63, 3.8) is 0 Å². The molecular weight excluding hydrogens is 382 g/mol. The second-order valence-electron chi connectivity index (χ2n) is 6.45. The van der Waals surface area contributed by atoms with E-state index in [4.69, 9.17) is 0 Å². The standard InChI is InChI=1S/C23H19N3O4/c1-25(20-8-3-2-4-9-20)23(28)18-6-5-7-19(16-18)24-22(27)15-12-17-10-13-21(14-11-17)26(29)30/h2-16H,1H3,(H,24,27)/b15-12+. The number of benzene rings is 3. The average Bonchev–Trinajstić information content (AvgIpc) is 2.77. The van der Waals surface area contributed by atoms with Gasteiger partial charge in [-0.05, 0) is 54.1 Å². The molecule has 0 unspecified atom stereocenters. The summed E-state index contributed by atoms with van der Waals surface area (Å²) in [6.07, 6.45) is 2.88. The van der Waals surface area contributed by atoms with E-state index >= 15 is 0 Å². The van der Waals surface area contributed by atoms with E-state index in [2.05, 4.69) is 5.32 Å². The predicted molar refractivity (Wildman–Crippen MR) is 116 cm³/mol. The van der Waals surface area contributed by atoms with Crippen LogP contribution in [-0.2, 0) is 4.79 Å². The zero-order valence-electron chi connectivity index (χ0n) is 16.2. The number of carbonyl (C=O) groups is 2. The fourth-order valence-corrected chi connectivity index (χ4v) is 2.76. The average molecular weight is 401 g/mol. The number of anilines is 2. The quantitative estimate of drug-likeness (QED) is 0.373. The van der Waals surface area contributed by atoms with Crippen LogP contribution in [0.3, 0.4) is 0 Å². The van der Waals surface area contributed by atoms with E-state index < -0.39 is 4.92 Å². The Kier molecular flexibility index (Phi) is 6.34. The second kappa shape index (κ2) is 9.29. The lowest BCUT2D eigenvalue weighted by molar-refractivity contribution is -0.384. The Morgan fingerprint density at radius 1 is 0.967 bits per heavy atom. The van der Waals surface area contributed by atoms with Crippen molar-refractivity contribution in [2.24, 2.45) is 0 Å². The first-order valence-corrected chi connectivity index (χ1v) is 9.11. The molecule has 0 saturated carbocycles. The highest BCUT2D eigenvalue weighted by Crippen LogP contribution is 2.18. The summed E-state index contributed by atoms with van der Waals surface area (Å²) < 4.78 is 0. The Labute approximate surface area is 173 Å². The van der Waals surface area contributed by atoms with Crippen LogP contribution in [0.2, 0.25) is 0 Å². The minimum absolute atomic E-state index is 0.0152. The number of carbonyl (C=O) groups excluding carboxylic acids is 2. The number of rotatable bonds is 6. The summed E-state index contributed by atoms with van der Waals surface area (Å²) in [5.41, 5.74) is 2.34. The third kappa shape index (κ3) is 5.17. The van der Waals surface area contributed by atoms with E-state index in [-0.39, 0.29) is 17.5 Å². The number of nitrogens with one attached hydrogen (secondary N) is 1. The van der Waals surface area contributed by atoms with Gasteiger partial charge in [-0.2, -0.15) is 0 Å². The van der Waals surface area contributed by atoms with Gasteiger partial charge in [0.05, 0.1) is 4.92 Å². The van der Waals surface area contributed by atoms with Crippen LogP contribution in [0.25, 0.3) is 6.08 Å². The van der Waals surface area contributed by atoms with Crippen LogP contribution in [0.4, 0.5) is 17.1 Å². The van der Waals surface area contributed by atoms with Crippen LogP contribution in [0.1, 0.15) is 15.9 Å². The maximum atomic E-state index is 12.7. The van der Waals surface area contributed by atoms with Crippen LogP contribution in [0.15, 0.2) is 84.9 Å². The van der Waals surface area contributed by atoms with E-state index in [9.17, 15) is 19.7 Å². The largest absolute Gasteiger partial charge is 0.322 e. The number of non-ortho nitro benzene ring substituents is 1. The molecular formula is C23H19N3O4. The lowest BCUT2D eigenvalue weighted by atomic mass is 10.1. The monoisotopic (exact) mass is 401 g/mol. The van der Waals surface area contributed by atoms with Crippen molar-refractivity contribution in [1.82, 2.24) is 0 Å². The van der Waals surface area contributed by atoms with Crippen molar-refractivity contribution >= 4 is 35.0 Å². The maximum absolute atomic E-state index is 12.7. The van der Waals surface area contributed by atoms with Crippen LogP contribution >= 0.6 is 0 Å². The molecule has 0 atom stereocenters. The van der Waals surface area contributed by atoms with Crippen molar-refractivity contribution in [2.75, 3.05) is 17.3 Å². The van der Waals surface area contributed by atoms with Gasteiger partial charge in [-0.15, -0.1) is 0 Å². The molecule has 0 saturated heterocycles. The van der Waals surface area contributed by atoms with Crippen molar-refractivity contribution in [1.29, 1.82) is 0 Å². The lowest BCUT2D eigenvalue weighted by Crippen LogP contribution is -2.26. The Bertz CT molecular complexity index is 1090. The third-order valence-corrected chi connectivity index (χ3v) is 4.36. The molecule has 0 fully saturated rings. The normalized spacial score (nSPS) is 10.6. The first kappa shape index (κ1) is 20.5. The molecule has 150 valence electrons. The van der Waals surface area contributed by atoms with Crippen LogP contribution in [-0.4, -0.2) is 23.8 Å². The Hall–Kier alpha value is -4.26. The summed E-state index contributed by atoms with van der Waals surface area (Å²) in [5, 5.41) is 13.4. The lowest BCUT2D eigenvalue weighted by Gasteiger charge is -2.17. The summed E-state index contributed by atoms with van der Waals surface area (Å²) in [6, 6.07) is 21.8. The Morgan fingerprint density at radius 2 is 1.67 bits per heavy atom. The Morgan fingerprint density at radius 3 is 2.33 bits per heavy atom. The topological polar surface area (TPSA) is 92.6 Å². The number of hydrogen-bond acceptors (Lipinski definition) is 4. The summed E-state index contributed by atoms with van der Waals surface area (Å²) >= 11 is 0. The highest BCUT2D eigenvalue weighted by molar-refractivity contribution is 6.07. The summed E-state index contributed by atoms with van der Waals surface area (Å²) in [4.78, 5) is 36.6. The van der Waals surface area contributed by atoms with Gasteiger partial charge in [0.1, 0.15) is 0 Å². The first-order valence-electron chi connectivity index (χ1n) is 9.11. The minimum Gasteiger partial charge on any atom is -0.322 e. The van der Waals surface area contributed by atoms with Gasteiger partial charge in [0, 0.05) is 42.2 Å². The zero-order valence-corrected chi connectivity index (χ0v) is 16.2. The van der Waals surface area contributed by atoms with Gasteiger partial charge in [0.15, 0.2) is 0 Å². The second-order valence-corrected chi connectivity index (χ2v) is 6.45. The number of nitro groups is 1. The molecule has 0 heterocycles. The Balaban J connectivity index is 1.66. The number of nitro benzene ring substituents is 1. The van der Waals surface area contributed by atoms with Gasteiger partial charge in [-0.25, -0.2) is 0 Å².